The molecule has 34 heavy (non-hydrogen) atoms. The first-order chi connectivity index (χ1) is 16.6. The number of carbonyl (C=O) groups is 1. The molecule has 174 valence electrons. The van der Waals surface area contributed by atoms with Gasteiger partial charge in [-0.25, -0.2) is 4.98 Å². The molecule has 0 saturated carbocycles. The molecule has 2 aromatic heterocycles. The highest BCUT2D eigenvalue weighted by molar-refractivity contribution is 8.00. The molecule has 1 atom stereocenters. The van der Waals surface area contributed by atoms with Crippen LogP contribution in [0, 0.1) is 0 Å². The van der Waals surface area contributed by atoms with Gasteiger partial charge in [0.2, 0.25) is 5.89 Å². The lowest BCUT2D eigenvalue weighted by molar-refractivity contribution is -0.142. The van der Waals surface area contributed by atoms with Gasteiger partial charge in [-0.3, -0.25) is 14.2 Å². The molecule has 0 saturated heterocycles. The number of ether oxygens (including phenoxy) is 1. The number of aromatic nitrogens is 4. The Morgan fingerprint density at radius 1 is 1.15 bits per heavy atom. The summed E-state index contributed by atoms with van der Waals surface area (Å²) >= 11 is 1.15. The zero-order chi connectivity index (χ0) is 23.5. The minimum Gasteiger partial charge on any atom is -0.465 e. The second-order valence-corrected chi connectivity index (χ2v) is 9.12. The van der Waals surface area contributed by atoms with E-state index < -0.39 is 5.25 Å². The molecule has 8 nitrogen and oxygen atoms in total. The van der Waals surface area contributed by atoms with E-state index in [1.54, 1.807) is 23.6 Å². The van der Waals surface area contributed by atoms with Crippen molar-refractivity contribution in [3.05, 3.63) is 70.3 Å². The quantitative estimate of drug-likeness (QED) is 0.295. The number of thioether (sulfide) groups is 1. The van der Waals surface area contributed by atoms with Crippen LogP contribution in [0.4, 0.5) is 0 Å². The van der Waals surface area contributed by atoms with Gasteiger partial charge in [-0.2, -0.15) is 0 Å². The van der Waals surface area contributed by atoms with Crippen LogP contribution in [0.3, 0.4) is 0 Å². The fourth-order valence-corrected chi connectivity index (χ4v) is 5.00. The van der Waals surface area contributed by atoms with Crippen molar-refractivity contribution in [3.63, 3.8) is 0 Å². The normalized spacial score (nSPS) is 14.4. The summed E-state index contributed by atoms with van der Waals surface area (Å²) in [4.78, 5) is 30.3. The number of fused-ring (bicyclic) bond motifs is 2. The molecule has 9 heteroatoms. The highest BCUT2D eigenvalue weighted by Gasteiger charge is 2.26. The van der Waals surface area contributed by atoms with E-state index >= 15 is 0 Å². The number of benzene rings is 2. The first kappa shape index (κ1) is 22.3. The number of carbonyl (C=O) groups excluding carboxylic acids is 1. The van der Waals surface area contributed by atoms with Gasteiger partial charge in [-0.15, -0.1) is 10.2 Å². The van der Waals surface area contributed by atoms with Crippen LogP contribution in [-0.2, 0) is 22.5 Å². The van der Waals surface area contributed by atoms with Gasteiger partial charge in [0, 0.05) is 18.5 Å². The number of aryl methyl sites for hydroxylation is 1. The van der Waals surface area contributed by atoms with Crippen LogP contribution in [-0.4, -0.2) is 32.3 Å². The van der Waals surface area contributed by atoms with Crippen LogP contribution in [0.15, 0.2) is 63.0 Å². The Morgan fingerprint density at radius 3 is 2.82 bits per heavy atom. The molecule has 3 heterocycles. The molecule has 0 spiro atoms. The van der Waals surface area contributed by atoms with E-state index in [0.29, 0.717) is 28.9 Å². The lowest BCUT2D eigenvalue weighted by Crippen LogP contribution is -2.24. The third-order valence-corrected chi connectivity index (χ3v) is 6.86. The van der Waals surface area contributed by atoms with Gasteiger partial charge in [0.15, 0.2) is 0 Å². The fraction of sp³-hybridized carbons (Fsp3) is 0.320. The second-order valence-electron chi connectivity index (χ2n) is 8.06. The van der Waals surface area contributed by atoms with E-state index in [1.807, 2.05) is 36.4 Å². The second kappa shape index (κ2) is 9.80. The predicted molar refractivity (Wildman–Crippen MR) is 129 cm³/mol. The van der Waals surface area contributed by atoms with Gasteiger partial charge >= 0.3 is 5.97 Å². The Kier molecular flexibility index (Phi) is 6.44. The third-order valence-electron chi connectivity index (χ3n) is 5.79. The first-order valence-corrected chi connectivity index (χ1v) is 12.3. The molecular weight excluding hydrogens is 452 g/mol. The van der Waals surface area contributed by atoms with E-state index in [9.17, 15) is 9.59 Å². The number of hydrogen-bond acceptors (Lipinski definition) is 8. The lowest BCUT2D eigenvalue weighted by atomic mass is 10.1. The molecule has 0 amide bonds. The number of hydrogen-bond donors (Lipinski definition) is 0. The maximum atomic E-state index is 13.0. The molecule has 2 aromatic carbocycles. The molecule has 5 rings (SSSR count). The molecule has 0 aliphatic carbocycles. The van der Waals surface area contributed by atoms with Crippen molar-refractivity contribution in [2.45, 2.75) is 49.6 Å². The molecule has 0 unspecified atom stereocenters. The molecule has 4 aromatic rings. The first-order valence-electron chi connectivity index (χ1n) is 11.4. The molecule has 1 aliphatic heterocycles. The Balaban J connectivity index is 1.45. The van der Waals surface area contributed by atoms with Gasteiger partial charge in [0.25, 0.3) is 10.8 Å². The minimum absolute atomic E-state index is 0.00429. The van der Waals surface area contributed by atoms with Crippen molar-refractivity contribution in [2.75, 3.05) is 6.61 Å². The summed E-state index contributed by atoms with van der Waals surface area (Å²) < 4.78 is 12.9. The largest absolute Gasteiger partial charge is 0.465 e. The van der Waals surface area contributed by atoms with Crippen molar-refractivity contribution in [2.24, 2.45) is 0 Å². The SMILES string of the molecule is CCOC(=O)[C@H](Sc1nnc(-c2ccc3c(=O)n4c(nc3c2)CCCCC4)o1)c1ccccc1. The van der Waals surface area contributed by atoms with Gasteiger partial charge in [0.1, 0.15) is 11.1 Å². The van der Waals surface area contributed by atoms with Gasteiger partial charge < -0.3 is 9.15 Å². The van der Waals surface area contributed by atoms with Crippen LogP contribution in [0.1, 0.15) is 42.8 Å². The Bertz CT molecular complexity index is 1380. The average molecular weight is 477 g/mol. The van der Waals surface area contributed by atoms with Crippen molar-refractivity contribution in [3.8, 4) is 11.5 Å². The molecule has 1 aliphatic rings. The summed E-state index contributed by atoms with van der Waals surface area (Å²) in [6.45, 7) is 2.77. The van der Waals surface area contributed by atoms with Crippen LogP contribution < -0.4 is 5.56 Å². The monoisotopic (exact) mass is 476 g/mol. The van der Waals surface area contributed by atoms with Crippen molar-refractivity contribution in [1.82, 2.24) is 19.7 Å². The van der Waals surface area contributed by atoms with E-state index in [-0.39, 0.29) is 23.4 Å². The predicted octanol–water partition coefficient (Wildman–Crippen LogP) is 4.57. The summed E-state index contributed by atoms with van der Waals surface area (Å²) in [5, 5.41) is 8.52. The van der Waals surface area contributed by atoms with E-state index in [1.165, 1.54) is 0 Å². The summed E-state index contributed by atoms with van der Waals surface area (Å²) in [5.74, 6) is 0.764. The van der Waals surface area contributed by atoms with Gasteiger partial charge in [-0.1, -0.05) is 36.8 Å². The Labute approximate surface area is 200 Å². The fourth-order valence-electron chi connectivity index (χ4n) is 4.12. The summed E-state index contributed by atoms with van der Waals surface area (Å²) in [5.41, 5.74) is 2.08. The molecule has 0 radical (unpaired) electrons. The summed E-state index contributed by atoms with van der Waals surface area (Å²) in [6, 6.07) is 14.7. The van der Waals surface area contributed by atoms with Crippen molar-refractivity contribution >= 4 is 28.6 Å². The smallest absolute Gasteiger partial charge is 0.324 e. The van der Waals surface area contributed by atoms with Crippen LogP contribution in [0.5, 0.6) is 0 Å². The van der Waals surface area contributed by atoms with E-state index in [4.69, 9.17) is 14.1 Å². The van der Waals surface area contributed by atoms with Gasteiger partial charge in [-0.05, 0) is 55.3 Å². The standard InChI is InChI=1S/C25H24N4O4S/c1-2-32-24(31)21(16-9-5-3-6-10-16)34-25-28-27-22(33-25)17-12-13-18-19(15-17)26-20-11-7-4-8-14-29(20)23(18)30/h3,5-6,9-10,12-13,15,21H,2,4,7-8,11,14H2,1H3/t21-/m1/s1. The van der Waals surface area contributed by atoms with E-state index in [0.717, 1.165) is 48.8 Å². The Morgan fingerprint density at radius 2 is 2.00 bits per heavy atom. The van der Waals surface area contributed by atoms with Crippen molar-refractivity contribution in [1.29, 1.82) is 0 Å². The number of esters is 1. The highest BCUT2D eigenvalue weighted by atomic mass is 32.2. The molecular formula is C25H24N4O4S. The number of nitrogens with zero attached hydrogens (tertiary/aromatic N) is 4. The molecule has 0 N–H and O–H groups in total. The van der Waals surface area contributed by atoms with Crippen molar-refractivity contribution < 1.29 is 13.9 Å². The number of rotatable bonds is 6. The highest BCUT2D eigenvalue weighted by Crippen LogP contribution is 2.36. The molecule has 0 bridgehead atoms. The van der Waals surface area contributed by atoms with Crippen LogP contribution in [0.25, 0.3) is 22.4 Å². The summed E-state index contributed by atoms with van der Waals surface area (Å²) in [6.07, 6.45) is 3.93. The maximum Gasteiger partial charge on any atom is 0.324 e. The topological polar surface area (TPSA) is 100 Å². The minimum atomic E-state index is -0.622. The molecule has 0 fully saturated rings. The van der Waals surface area contributed by atoms with Crippen LogP contribution in [0.2, 0.25) is 0 Å². The summed E-state index contributed by atoms with van der Waals surface area (Å²) in [7, 11) is 0. The van der Waals surface area contributed by atoms with E-state index in [2.05, 4.69) is 10.2 Å². The average Bonchev–Trinajstić information content (AvgIpc) is 3.20. The maximum absolute atomic E-state index is 13.0. The van der Waals surface area contributed by atoms with Crippen LogP contribution >= 0.6 is 11.8 Å². The third kappa shape index (κ3) is 4.48. The Hall–Kier alpha value is -3.46. The lowest BCUT2D eigenvalue weighted by Gasteiger charge is -2.13. The van der Waals surface area contributed by atoms with Gasteiger partial charge in [0.05, 0.1) is 17.5 Å². The zero-order valence-electron chi connectivity index (χ0n) is 18.8. The zero-order valence-corrected chi connectivity index (χ0v) is 19.6.